The van der Waals surface area contributed by atoms with E-state index in [1.165, 1.54) is 0 Å². The number of aromatic nitrogens is 2. The molecule has 2 rings (SSSR count). The molecule has 0 aliphatic carbocycles. The zero-order valence-electron chi connectivity index (χ0n) is 11.5. The van der Waals surface area contributed by atoms with E-state index in [9.17, 15) is 5.11 Å². The number of hydrogen-bond acceptors (Lipinski definition) is 5. The molecular weight excluding hydrogens is 254 g/mol. The van der Waals surface area contributed by atoms with Crippen LogP contribution in [0.15, 0.2) is 42.6 Å². The lowest BCUT2D eigenvalue weighted by atomic mass is 10.1. The molecule has 1 unspecified atom stereocenters. The second-order valence-corrected chi connectivity index (χ2v) is 4.36. The Labute approximate surface area is 118 Å². The average Bonchev–Trinajstić information content (AvgIpc) is 2.52. The molecule has 0 amide bonds. The van der Waals surface area contributed by atoms with E-state index >= 15 is 0 Å². The Kier molecular flexibility index (Phi) is 5.32. The largest absolute Gasteiger partial charge is 0.478 e. The molecule has 0 aliphatic heterocycles. The van der Waals surface area contributed by atoms with Crippen molar-refractivity contribution in [2.45, 2.75) is 19.4 Å². The van der Waals surface area contributed by atoms with Gasteiger partial charge in [0.15, 0.2) is 0 Å². The number of nitrogens with zero attached hydrogens (tertiary/aromatic N) is 2. The fraction of sp³-hybridized carbons (Fsp3) is 0.333. The van der Waals surface area contributed by atoms with E-state index in [4.69, 9.17) is 4.74 Å². The van der Waals surface area contributed by atoms with Gasteiger partial charge >= 0.3 is 0 Å². The summed E-state index contributed by atoms with van der Waals surface area (Å²) in [5.41, 5.74) is 0.985. The van der Waals surface area contributed by atoms with Gasteiger partial charge in [-0.05, 0) is 12.0 Å². The van der Waals surface area contributed by atoms with Gasteiger partial charge < -0.3 is 15.2 Å². The fourth-order valence-electron chi connectivity index (χ4n) is 1.77. The molecule has 2 aromatic rings. The van der Waals surface area contributed by atoms with Crippen molar-refractivity contribution in [1.82, 2.24) is 9.97 Å². The number of rotatable bonds is 7. The van der Waals surface area contributed by atoms with Crippen LogP contribution in [0, 0.1) is 0 Å². The molecule has 5 nitrogen and oxygen atoms in total. The minimum Gasteiger partial charge on any atom is -0.478 e. The number of anilines is 1. The predicted molar refractivity (Wildman–Crippen MR) is 77.7 cm³/mol. The molecule has 106 valence electrons. The number of benzene rings is 1. The van der Waals surface area contributed by atoms with Crippen LogP contribution in [-0.4, -0.2) is 28.3 Å². The van der Waals surface area contributed by atoms with Gasteiger partial charge in [0.25, 0.3) is 0 Å². The van der Waals surface area contributed by atoms with Crippen molar-refractivity contribution < 1.29 is 9.84 Å². The summed E-state index contributed by atoms with van der Waals surface area (Å²) in [5.74, 6) is 0.982. The molecule has 1 heterocycles. The molecule has 1 aromatic heterocycles. The number of hydrogen-bond donors (Lipinski definition) is 2. The number of aliphatic hydroxyl groups is 1. The topological polar surface area (TPSA) is 67.3 Å². The molecule has 0 radical (unpaired) electrons. The molecule has 0 saturated heterocycles. The molecule has 0 bridgehead atoms. The van der Waals surface area contributed by atoms with Crippen LogP contribution in [0.1, 0.15) is 24.9 Å². The normalized spacial score (nSPS) is 11.9. The number of ether oxygens (including phenoxy) is 1. The van der Waals surface area contributed by atoms with E-state index in [0.29, 0.717) is 18.4 Å². The maximum Gasteiger partial charge on any atom is 0.226 e. The van der Waals surface area contributed by atoms with Crippen LogP contribution in [0.4, 0.5) is 5.95 Å². The Balaban J connectivity index is 2.07. The van der Waals surface area contributed by atoms with Gasteiger partial charge in [-0.2, -0.15) is 4.98 Å². The summed E-state index contributed by atoms with van der Waals surface area (Å²) in [4.78, 5) is 8.42. The third kappa shape index (κ3) is 3.93. The summed E-state index contributed by atoms with van der Waals surface area (Å²) in [6.45, 7) is 2.63. The van der Waals surface area contributed by atoms with Crippen LogP contribution in [0.25, 0.3) is 0 Å². The van der Waals surface area contributed by atoms with Gasteiger partial charge in [0, 0.05) is 12.3 Å². The van der Waals surface area contributed by atoms with Crippen LogP contribution >= 0.6 is 0 Å². The Morgan fingerprint density at radius 1 is 1.25 bits per heavy atom. The Bertz CT molecular complexity index is 520. The lowest BCUT2D eigenvalue weighted by Crippen LogP contribution is -2.16. The van der Waals surface area contributed by atoms with Crippen molar-refractivity contribution in [3.63, 3.8) is 0 Å². The van der Waals surface area contributed by atoms with E-state index in [-0.39, 0.29) is 12.6 Å². The molecule has 20 heavy (non-hydrogen) atoms. The number of nitrogens with one attached hydrogen (secondary N) is 1. The van der Waals surface area contributed by atoms with Crippen molar-refractivity contribution in [3.05, 3.63) is 48.2 Å². The lowest BCUT2D eigenvalue weighted by molar-refractivity contribution is 0.275. The summed E-state index contributed by atoms with van der Waals surface area (Å²) in [7, 11) is 0. The first-order valence-electron chi connectivity index (χ1n) is 6.71. The highest BCUT2D eigenvalue weighted by atomic mass is 16.5. The highest BCUT2D eigenvalue weighted by Crippen LogP contribution is 2.17. The first-order chi connectivity index (χ1) is 9.83. The Morgan fingerprint density at radius 3 is 2.75 bits per heavy atom. The molecule has 0 spiro atoms. The SMILES string of the molecule is CCCOc1ccnc(NC(CO)c2ccccc2)n1. The standard InChI is InChI=1S/C15H19N3O2/c1-2-10-20-14-8-9-16-15(18-14)17-13(11-19)12-6-4-3-5-7-12/h3-9,13,19H,2,10-11H2,1H3,(H,16,17,18). The maximum absolute atomic E-state index is 9.50. The lowest BCUT2D eigenvalue weighted by Gasteiger charge is -2.16. The second-order valence-electron chi connectivity index (χ2n) is 4.36. The van der Waals surface area contributed by atoms with Gasteiger partial charge in [-0.3, -0.25) is 0 Å². The molecule has 2 N–H and O–H groups in total. The van der Waals surface area contributed by atoms with Crippen LogP contribution in [-0.2, 0) is 0 Å². The van der Waals surface area contributed by atoms with Gasteiger partial charge in [-0.15, -0.1) is 0 Å². The zero-order chi connectivity index (χ0) is 14.2. The van der Waals surface area contributed by atoms with Crippen molar-refractivity contribution in [2.24, 2.45) is 0 Å². The molecule has 1 aromatic carbocycles. The molecule has 0 aliphatic rings. The monoisotopic (exact) mass is 273 g/mol. The van der Waals surface area contributed by atoms with Crippen molar-refractivity contribution >= 4 is 5.95 Å². The van der Waals surface area contributed by atoms with Gasteiger partial charge in [-0.1, -0.05) is 37.3 Å². The average molecular weight is 273 g/mol. The zero-order valence-corrected chi connectivity index (χ0v) is 11.5. The summed E-state index contributed by atoms with van der Waals surface area (Å²) in [6, 6.07) is 11.2. The van der Waals surface area contributed by atoms with E-state index in [1.54, 1.807) is 12.3 Å². The first-order valence-corrected chi connectivity index (χ1v) is 6.71. The van der Waals surface area contributed by atoms with E-state index in [1.807, 2.05) is 37.3 Å². The predicted octanol–water partition coefficient (Wildman–Crippen LogP) is 2.41. The van der Waals surface area contributed by atoms with Gasteiger partial charge in [0.1, 0.15) is 0 Å². The fourth-order valence-corrected chi connectivity index (χ4v) is 1.77. The van der Waals surface area contributed by atoms with E-state index < -0.39 is 0 Å². The van der Waals surface area contributed by atoms with Gasteiger partial charge in [-0.25, -0.2) is 4.98 Å². The van der Waals surface area contributed by atoms with E-state index in [0.717, 1.165) is 12.0 Å². The van der Waals surface area contributed by atoms with Crippen LogP contribution in [0.5, 0.6) is 5.88 Å². The summed E-state index contributed by atoms with van der Waals surface area (Å²) >= 11 is 0. The van der Waals surface area contributed by atoms with Gasteiger partial charge in [0.2, 0.25) is 11.8 Å². The van der Waals surface area contributed by atoms with E-state index in [2.05, 4.69) is 15.3 Å². The minimum absolute atomic E-state index is 0.0343. The van der Waals surface area contributed by atoms with Crippen molar-refractivity contribution in [3.8, 4) is 5.88 Å². The highest BCUT2D eigenvalue weighted by Gasteiger charge is 2.11. The molecule has 0 fully saturated rings. The molecule has 1 atom stereocenters. The third-order valence-corrected chi connectivity index (χ3v) is 2.77. The van der Waals surface area contributed by atoms with Crippen LogP contribution in [0.2, 0.25) is 0 Å². The van der Waals surface area contributed by atoms with Gasteiger partial charge in [0.05, 0.1) is 19.3 Å². The summed E-state index contributed by atoms with van der Waals surface area (Å²) in [6.07, 6.45) is 2.57. The van der Waals surface area contributed by atoms with Crippen molar-refractivity contribution in [1.29, 1.82) is 0 Å². The Hall–Kier alpha value is -2.14. The van der Waals surface area contributed by atoms with Crippen LogP contribution < -0.4 is 10.1 Å². The molecule has 5 heteroatoms. The maximum atomic E-state index is 9.50. The third-order valence-electron chi connectivity index (χ3n) is 2.77. The minimum atomic E-state index is -0.238. The smallest absolute Gasteiger partial charge is 0.226 e. The summed E-state index contributed by atoms with van der Waals surface area (Å²) < 4.78 is 5.46. The Morgan fingerprint density at radius 2 is 2.05 bits per heavy atom. The quantitative estimate of drug-likeness (QED) is 0.811. The number of aliphatic hydroxyl groups excluding tert-OH is 1. The van der Waals surface area contributed by atoms with Crippen LogP contribution in [0.3, 0.4) is 0 Å². The highest BCUT2D eigenvalue weighted by molar-refractivity contribution is 5.33. The van der Waals surface area contributed by atoms with Crippen molar-refractivity contribution in [2.75, 3.05) is 18.5 Å². The summed E-state index contributed by atoms with van der Waals surface area (Å²) in [5, 5.41) is 12.6. The first kappa shape index (κ1) is 14.3. The molecular formula is C15H19N3O2. The molecule has 0 saturated carbocycles. The second kappa shape index (κ2) is 7.45.